The molecule has 2 aromatic rings. The molecule has 25 heavy (non-hydrogen) atoms. The Morgan fingerprint density at radius 2 is 1.92 bits per heavy atom. The van der Waals surface area contributed by atoms with Crippen molar-refractivity contribution in [3.8, 4) is 5.75 Å². The van der Waals surface area contributed by atoms with Gasteiger partial charge in [-0.1, -0.05) is 30.3 Å². The molecule has 0 aliphatic rings. The second-order valence-electron chi connectivity index (χ2n) is 5.31. The Labute approximate surface area is 150 Å². The molecular weight excluding hydrogens is 344 g/mol. The summed E-state index contributed by atoms with van der Waals surface area (Å²) in [5.41, 5.74) is 2.03. The summed E-state index contributed by atoms with van der Waals surface area (Å²) < 4.78 is 5.02. The van der Waals surface area contributed by atoms with Crippen molar-refractivity contribution in [2.75, 3.05) is 0 Å². The number of aliphatic hydroxyl groups excluding tert-OH is 1. The largest absolute Gasteiger partial charge is 0.505 e. The van der Waals surface area contributed by atoms with Gasteiger partial charge in [-0.25, -0.2) is 4.79 Å². The lowest BCUT2D eigenvalue weighted by molar-refractivity contribution is -0.140. The third-order valence-corrected chi connectivity index (χ3v) is 3.45. The molecule has 0 saturated heterocycles. The van der Waals surface area contributed by atoms with Crippen molar-refractivity contribution >= 4 is 28.9 Å². The van der Waals surface area contributed by atoms with E-state index in [2.05, 4.69) is 16.8 Å². The molecule has 0 unspecified atom stereocenters. The van der Waals surface area contributed by atoms with E-state index in [1.54, 1.807) is 24.3 Å². The number of ether oxygens (including phenoxy) is 1. The van der Waals surface area contributed by atoms with Gasteiger partial charge in [0.05, 0.1) is 12.3 Å². The average molecular weight is 361 g/mol. The molecule has 0 saturated carbocycles. The van der Waals surface area contributed by atoms with Crippen molar-refractivity contribution in [2.45, 2.75) is 20.1 Å². The van der Waals surface area contributed by atoms with Crippen molar-refractivity contribution in [2.24, 2.45) is 10.2 Å². The quantitative estimate of drug-likeness (QED) is 0.448. The summed E-state index contributed by atoms with van der Waals surface area (Å²) in [5.74, 6) is -0.735. The van der Waals surface area contributed by atoms with Gasteiger partial charge in [-0.3, -0.25) is 0 Å². The van der Waals surface area contributed by atoms with Crippen molar-refractivity contribution in [3.05, 3.63) is 64.7 Å². The molecule has 0 atom stereocenters. The zero-order valence-corrected chi connectivity index (χ0v) is 14.3. The number of carbonyl (C=O) groups excluding carboxylic acids is 1. The van der Waals surface area contributed by atoms with Gasteiger partial charge in [0.25, 0.3) is 0 Å². The molecule has 0 bridgehead atoms. The third kappa shape index (κ3) is 5.14. The van der Waals surface area contributed by atoms with Crippen molar-refractivity contribution < 1.29 is 19.7 Å². The minimum absolute atomic E-state index is 0.0568. The summed E-state index contributed by atoms with van der Waals surface area (Å²) in [6.07, 6.45) is 0. The van der Waals surface area contributed by atoms with E-state index < -0.39 is 5.97 Å². The van der Waals surface area contributed by atoms with Crippen LogP contribution in [0.25, 0.3) is 0 Å². The number of carbonyl (C=O) groups is 1. The number of hydrogen-bond acceptors (Lipinski definition) is 6. The fourth-order valence-corrected chi connectivity index (χ4v) is 2.11. The predicted molar refractivity (Wildman–Crippen MR) is 94.3 cm³/mol. The molecule has 2 N–H and O–H groups in total. The molecule has 2 rings (SSSR count). The molecule has 0 spiro atoms. The Morgan fingerprint density at radius 3 is 2.52 bits per heavy atom. The Hall–Kier alpha value is -2.70. The zero-order chi connectivity index (χ0) is 18.4. The van der Waals surface area contributed by atoms with E-state index in [-0.39, 0.29) is 30.2 Å². The standard InChI is InChI=1S/C18H17ClN2O4/c1-11(2)18(24)25-10-13-7-14(19)8-16(17(13)23)21-20-15-5-3-12(9-22)4-6-15/h3-8,22-23H,1,9-10H2,2H3. The van der Waals surface area contributed by atoms with Crippen LogP contribution in [-0.2, 0) is 22.7 Å². The van der Waals surface area contributed by atoms with Crippen LogP contribution in [0.15, 0.2) is 58.8 Å². The molecule has 0 fully saturated rings. The van der Waals surface area contributed by atoms with Crippen LogP contribution in [0.3, 0.4) is 0 Å². The van der Waals surface area contributed by atoms with Gasteiger partial charge >= 0.3 is 5.97 Å². The number of esters is 1. The maximum Gasteiger partial charge on any atom is 0.333 e. The number of phenolic OH excluding ortho intramolecular Hbond substituents is 1. The highest BCUT2D eigenvalue weighted by Gasteiger charge is 2.12. The fraction of sp³-hybridized carbons (Fsp3) is 0.167. The lowest BCUT2D eigenvalue weighted by Crippen LogP contribution is -2.05. The smallest absolute Gasteiger partial charge is 0.333 e. The second-order valence-corrected chi connectivity index (χ2v) is 5.75. The Bertz CT molecular complexity index is 817. The van der Waals surface area contributed by atoms with Gasteiger partial charge < -0.3 is 14.9 Å². The van der Waals surface area contributed by atoms with Crippen LogP contribution in [0.2, 0.25) is 5.02 Å². The lowest BCUT2D eigenvalue weighted by atomic mass is 10.2. The topological polar surface area (TPSA) is 91.5 Å². The van der Waals surface area contributed by atoms with E-state index in [4.69, 9.17) is 21.4 Å². The summed E-state index contributed by atoms with van der Waals surface area (Å²) in [5, 5.41) is 27.6. The monoisotopic (exact) mass is 360 g/mol. The molecule has 6 nitrogen and oxygen atoms in total. The van der Waals surface area contributed by atoms with Gasteiger partial charge in [-0.05, 0) is 36.8 Å². The van der Waals surface area contributed by atoms with Crippen molar-refractivity contribution in [1.82, 2.24) is 0 Å². The zero-order valence-electron chi connectivity index (χ0n) is 13.6. The van der Waals surface area contributed by atoms with Crippen LogP contribution in [0.5, 0.6) is 5.75 Å². The molecular formula is C18H17ClN2O4. The van der Waals surface area contributed by atoms with Crippen LogP contribution in [0.1, 0.15) is 18.1 Å². The summed E-state index contributed by atoms with van der Waals surface area (Å²) in [4.78, 5) is 11.5. The molecule has 0 aromatic heterocycles. The van der Waals surface area contributed by atoms with Crippen LogP contribution in [0, 0.1) is 0 Å². The van der Waals surface area contributed by atoms with Crippen molar-refractivity contribution in [3.63, 3.8) is 0 Å². The first-order valence-electron chi connectivity index (χ1n) is 7.36. The number of rotatable bonds is 6. The second kappa shape index (κ2) is 8.41. The van der Waals surface area contributed by atoms with Gasteiger partial charge in [0.1, 0.15) is 18.0 Å². The Balaban J connectivity index is 2.21. The average Bonchev–Trinajstić information content (AvgIpc) is 2.60. The molecule has 0 aliphatic carbocycles. The molecule has 0 amide bonds. The normalized spacial score (nSPS) is 10.8. The van der Waals surface area contributed by atoms with Crippen LogP contribution >= 0.6 is 11.6 Å². The molecule has 130 valence electrons. The molecule has 2 aromatic carbocycles. The van der Waals surface area contributed by atoms with Crippen molar-refractivity contribution in [1.29, 1.82) is 0 Å². The van der Waals surface area contributed by atoms with Gasteiger partial charge in [0.15, 0.2) is 0 Å². The minimum atomic E-state index is -0.563. The highest BCUT2D eigenvalue weighted by Crippen LogP contribution is 2.35. The first-order chi connectivity index (χ1) is 11.9. The first-order valence-corrected chi connectivity index (χ1v) is 7.74. The van der Waals surface area contributed by atoms with E-state index in [0.717, 1.165) is 5.56 Å². The number of phenols is 1. The van der Waals surface area contributed by atoms with Gasteiger partial charge in [-0.2, -0.15) is 5.11 Å². The fourth-order valence-electron chi connectivity index (χ4n) is 1.87. The maximum absolute atomic E-state index is 11.5. The number of nitrogens with zero attached hydrogens (tertiary/aromatic N) is 2. The van der Waals surface area contributed by atoms with Gasteiger partial charge in [0.2, 0.25) is 0 Å². The number of halogens is 1. The number of aliphatic hydroxyl groups is 1. The minimum Gasteiger partial charge on any atom is -0.505 e. The molecule has 0 heterocycles. The Morgan fingerprint density at radius 1 is 1.24 bits per heavy atom. The van der Waals surface area contributed by atoms with Gasteiger partial charge in [0, 0.05) is 16.2 Å². The van der Waals surface area contributed by atoms with Crippen LogP contribution in [-0.4, -0.2) is 16.2 Å². The number of azo groups is 1. The SMILES string of the molecule is C=C(C)C(=O)OCc1cc(Cl)cc(N=Nc2ccc(CO)cc2)c1O. The molecule has 0 radical (unpaired) electrons. The highest BCUT2D eigenvalue weighted by molar-refractivity contribution is 6.31. The highest BCUT2D eigenvalue weighted by atomic mass is 35.5. The van der Waals surface area contributed by atoms with Crippen LogP contribution in [0.4, 0.5) is 11.4 Å². The lowest BCUT2D eigenvalue weighted by Gasteiger charge is -2.09. The summed E-state index contributed by atoms with van der Waals surface area (Å²) >= 11 is 6.02. The van der Waals surface area contributed by atoms with E-state index >= 15 is 0 Å². The van der Waals surface area contributed by atoms with Gasteiger partial charge in [-0.15, -0.1) is 5.11 Å². The van der Waals surface area contributed by atoms with Crippen LogP contribution < -0.4 is 0 Å². The van der Waals surface area contributed by atoms with E-state index in [1.807, 2.05) is 0 Å². The first kappa shape index (κ1) is 18.6. The number of benzene rings is 2. The van der Waals surface area contributed by atoms with E-state index in [9.17, 15) is 9.90 Å². The number of hydrogen-bond donors (Lipinski definition) is 2. The van der Waals surface area contributed by atoms with E-state index in [0.29, 0.717) is 16.3 Å². The number of aromatic hydroxyl groups is 1. The third-order valence-electron chi connectivity index (χ3n) is 3.23. The maximum atomic E-state index is 11.5. The Kier molecular flexibility index (Phi) is 6.27. The molecule has 7 heteroatoms. The summed E-state index contributed by atoms with van der Waals surface area (Å²) in [6.45, 7) is 4.80. The molecule has 0 aliphatic heterocycles. The summed E-state index contributed by atoms with van der Waals surface area (Å²) in [7, 11) is 0. The predicted octanol–water partition coefficient (Wildman–Crippen LogP) is 4.57. The summed E-state index contributed by atoms with van der Waals surface area (Å²) in [6, 6.07) is 9.74. The van der Waals surface area contributed by atoms with E-state index in [1.165, 1.54) is 19.1 Å².